The van der Waals surface area contributed by atoms with Gasteiger partial charge in [-0.05, 0) is 102 Å². The number of fused-ring (bicyclic) bond motifs is 2. The Morgan fingerprint density at radius 2 is 0.963 bits per heavy atom. The summed E-state index contributed by atoms with van der Waals surface area (Å²) in [6.07, 6.45) is 10.5. The Hall–Kier alpha value is -7.18. The molecule has 18 heteroatoms. The Kier molecular flexibility index (Phi) is 18.2. The molecule has 4 N–H and O–H groups in total. The van der Waals surface area contributed by atoms with Crippen LogP contribution in [0.25, 0.3) is 44.5 Å². The number of nitrogens with zero attached hydrogens (tertiary/aromatic N) is 4. The lowest BCUT2D eigenvalue weighted by Gasteiger charge is -2.35. The second-order valence-electron chi connectivity index (χ2n) is 23.7. The minimum atomic E-state index is -0.787. The van der Waals surface area contributed by atoms with Crippen molar-refractivity contribution in [3.8, 4) is 22.6 Å². The van der Waals surface area contributed by atoms with E-state index in [4.69, 9.17) is 18.3 Å². The fraction of sp³-hybridized carbons (Fsp3) is 0.516. The molecule has 2 saturated heterocycles. The number of benzene rings is 2. The lowest BCUT2D eigenvalue weighted by molar-refractivity contribution is -0.141. The Bertz CT molecular complexity index is 3010. The molecule has 0 aliphatic carbocycles. The number of hydrogen-bond acceptors (Lipinski definition) is 12. The molecule has 18 nitrogen and oxygen atoms in total. The van der Waals surface area contributed by atoms with Gasteiger partial charge in [-0.25, -0.2) is 9.59 Å². The normalized spacial score (nSPS) is 17.4. The molecule has 8 rings (SSSR count). The van der Waals surface area contributed by atoms with Crippen molar-refractivity contribution in [3.63, 3.8) is 0 Å². The number of amides is 4. The van der Waals surface area contributed by atoms with E-state index in [0.29, 0.717) is 49.0 Å². The van der Waals surface area contributed by atoms with E-state index >= 15 is 0 Å². The molecule has 4 amide bonds. The minimum Gasteiger partial charge on any atom is -0.465 e. The number of para-hydroxylation sites is 2. The van der Waals surface area contributed by atoms with Crippen molar-refractivity contribution in [2.75, 3.05) is 41.4 Å². The van der Waals surface area contributed by atoms with Crippen molar-refractivity contribution in [1.29, 1.82) is 0 Å². The molecule has 80 heavy (non-hydrogen) atoms. The fourth-order valence-electron chi connectivity index (χ4n) is 11.3. The van der Waals surface area contributed by atoms with Crippen molar-refractivity contribution in [1.82, 2.24) is 40.2 Å². The van der Waals surface area contributed by atoms with Gasteiger partial charge >= 0.3 is 11.9 Å². The number of likely N-dealkylation sites (tertiary alicyclic amines) is 2. The summed E-state index contributed by atoms with van der Waals surface area (Å²) in [6, 6.07) is 16.1. The Morgan fingerprint density at radius 3 is 1.31 bits per heavy atom. The van der Waals surface area contributed by atoms with Gasteiger partial charge in [-0.2, -0.15) is 0 Å². The second-order valence-corrected chi connectivity index (χ2v) is 23.7. The molecule has 2 aliphatic rings. The molecule has 6 heterocycles. The van der Waals surface area contributed by atoms with Crippen LogP contribution in [0.3, 0.4) is 0 Å². The van der Waals surface area contributed by atoms with Gasteiger partial charge < -0.3 is 58.5 Å². The number of nitrogens with one attached hydrogen (secondary N) is 4. The second kappa shape index (κ2) is 24.7. The number of hydrogen-bond donors (Lipinski definition) is 4. The van der Waals surface area contributed by atoms with Crippen LogP contribution in [-0.2, 0) is 41.7 Å². The van der Waals surface area contributed by atoms with E-state index in [1.807, 2.05) is 90.3 Å². The van der Waals surface area contributed by atoms with Crippen molar-refractivity contribution >= 4 is 57.4 Å². The predicted octanol–water partition coefficient (Wildman–Crippen LogP) is 9.55. The van der Waals surface area contributed by atoms with Crippen molar-refractivity contribution in [2.24, 2.45) is 10.8 Å². The number of methoxy groups -OCH3 is 2. The molecule has 2 aromatic carbocycles. The van der Waals surface area contributed by atoms with Crippen LogP contribution in [0.2, 0.25) is 0 Å². The molecule has 0 radical (unpaired) electrons. The summed E-state index contributed by atoms with van der Waals surface area (Å²) in [5, 5.41) is 13.7. The zero-order chi connectivity index (χ0) is 57.8. The lowest BCUT2D eigenvalue weighted by Crippen LogP contribution is -2.57. The van der Waals surface area contributed by atoms with Crippen molar-refractivity contribution < 1.29 is 47.1 Å². The molecule has 2 fully saturated rings. The molecule has 0 unspecified atom stereocenters. The van der Waals surface area contributed by atoms with E-state index < -0.39 is 59.0 Å². The van der Waals surface area contributed by atoms with Gasteiger partial charge in [0, 0.05) is 71.5 Å². The quantitative estimate of drug-likeness (QED) is 0.0392. The van der Waals surface area contributed by atoms with Crippen LogP contribution in [0.15, 0.2) is 81.9 Å². The highest BCUT2D eigenvalue weighted by molar-refractivity contribution is 6.04. The maximum Gasteiger partial charge on any atom is 0.341 e. The first-order valence-corrected chi connectivity index (χ1v) is 28.3. The summed E-state index contributed by atoms with van der Waals surface area (Å²) in [4.78, 5) is 85.5. The highest BCUT2D eigenvalue weighted by atomic mass is 16.5. The first-order chi connectivity index (χ1) is 38.1. The molecule has 2 aliphatic heterocycles. The smallest absolute Gasteiger partial charge is 0.341 e. The molecule has 0 spiro atoms. The van der Waals surface area contributed by atoms with Crippen LogP contribution in [-0.4, -0.2) is 120 Å². The summed E-state index contributed by atoms with van der Waals surface area (Å²) >= 11 is 0. The van der Waals surface area contributed by atoms with Gasteiger partial charge in [0.15, 0.2) is 11.5 Å². The van der Waals surface area contributed by atoms with Crippen LogP contribution in [0.4, 0.5) is 0 Å². The largest absolute Gasteiger partial charge is 0.465 e. The van der Waals surface area contributed by atoms with Crippen LogP contribution in [0.1, 0.15) is 151 Å². The van der Waals surface area contributed by atoms with Crippen LogP contribution >= 0.6 is 0 Å². The average Bonchev–Trinajstić information content (AvgIpc) is 4.42. The maximum atomic E-state index is 14.4. The number of ether oxygens (including phenoxy) is 2. The fourth-order valence-corrected chi connectivity index (χ4v) is 11.3. The zero-order valence-corrected chi connectivity index (χ0v) is 48.7. The SMILES string of the molecule is CN[C@@H](C)C(=O)N[C@H](C(=O)N1CCC[C@H]1c1cc(C(=O)OC)c(-c2cn(CCCCCCn3cc(-c4oc([C@@H]5CCCN5C(=O)[C@@H](NC(=O)[C@H](C)NC)C(C)(C)C)cc4C(=O)OC)c4ccccc43)c3ccccc23)o1)C(C)(C)C. The van der Waals surface area contributed by atoms with Crippen LogP contribution in [0.5, 0.6) is 0 Å². The summed E-state index contributed by atoms with van der Waals surface area (Å²) in [7, 11) is 6.10. The van der Waals surface area contributed by atoms with Crippen molar-refractivity contribution in [3.05, 3.63) is 95.7 Å². The van der Waals surface area contributed by atoms with Gasteiger partial charge in [-0.1, -0.05) is 90.8 Å². The Balaban J connectivity index is 0.973. The average molecular weight is 1100 g/mol. The number of aryl methyl sites for hydroxylation is 2. The molecular weight excluding hydrogens is 1020 g/mol. The first-order valence-electron chi connectivity index (χ1n) is 28.3. The molecule has 0 bridgehead atoms. The van der Waals surface area contributed by atoms with E-state index in [0.717, 1.165) is 84.5 Å². The van der Waals surface area contributed by atoms with E-state index in [-0.39, 0.29) is 34.8 Å². The third-order valence-electron chi connectivity index (χ3n) is 16.1. The summed E-state index contributed by atoms with van der Waals surface area (Å²) < 4.78 is 28.4. The first kappa shape index (κ1) is 59.0. The van der Waals surface area contributed by atoms with E-state index in [9.17, 15) is 28.8 Å². The Morgan fingerprint density at radius 1 is 0.588 bits per heavy atom. The van der Waals surface area contributed by atoms with Gasteiger partial charge in [0.25, 0.3) is 0 Å². The molecule has 6 atom stereocenters. The summed E-state index contributed by atoms with van der Waals surface area (Å²) in [5.74, 6) is -0.262. The van der Waals surface area contributed by atoms with E-state index in [1.54, 1.807) is 49.9 Å². The number of furan rings is 2. The molecule has 0 saturated carbocycles. The zero-order valence-electron chi connectivity index (χ0n) is 48.7. The van der Waals surface area contributed by atoms with Gasteiger partial charge in [0.2, 0.25) is 23.6 Å². The molecule has 6 aromatic rings. The van der Waals surface area contributed by atoms with E-state index in [2.05, 4.69) is 42.5 Å². The number of aromatic nitrogens is 2. The van der Waals surface area contributed by atoms with Crippen LogP contribution in [0, 0.1) is 10.8 Å². The van der Waals surface area contributed by atoms with Gasteiger partial charge in [-0.3, -0.25) is 19.2 Å². The Labute approximate surface area is 469 Å². The number of unbranched alkanes of at least 4 members (excludes halogenated alkanes) is 3. The molecule has 4 aromatic heterocycles. The highest BCUT2D eigenvalue weighted by Crippen LogP contribution is 2.44. The van der Waals surface area contributed by atoms with E-state index in [1.165, 1.54) is 14.2 Å². The standard InChI is InChI=1S/C62H82N8O10/c1-37(63-9)55(71)65-53(61(3,4)5)57(73)69-31-21-27-47(69)49-33-41(59(75)77-11)51(79-49)43-35-67(45-25-17-15-23-39(43)45)29-19-13-14-20-30-68-36-44(40-24-16-18-26-46(40)68)52-42(60(76)78-12)34-50(80-52)48-28-22-32-70(48)58(74)54(62(6,7)8)66-56(72)38(2)64-10/h15-18,23-26,33-38,47-48,53-54,63-64H,13-14,19-22,27-32H2,1-12H3,(H,65,71)(H,66,72)/t37-,38-,47-,48-,53+,54+/m0/s1. The monoisotopic (exact) mass is 1100 g/mol. The van der Waals surface area contributed by atoms with Gasteiger partial charge in [-0.15, -0.1) is 0 Å². The van der Waals surface area contributed by atoms with Crippen LogP contribution < -0.4 is 21.3 Å². The maximum absolute atomic E-state index is 14.4. The summed E-state index contributed by atoms with van der Waals surface area (Å²) in [6.45, 7) is 17.5. The minimum absolute atomic E-state index is 0.201. The number of carbonyl (C=O) groups excluding carboxylic acids is 6. The molecule has 430 valence electrons. The van der Waals surface area contributed by atoms with Gasteiger partial charge in [0.05, 0.1) is 38.4 Å². The highest BCUT2D eigenvalue weighted by Gasteiger charge is 2.44. The number of likely N-dealkylation sites (N-methyl/N-ethyl adjacent to an activating group) is 2. The number of rotatable bonds is 21. The summed E-state index contributed by atoms with van der Waals surface area (Å²) in [5.41, 5.74) is 2.90. The third-order valence-corrected chi connectivity index (χ3v) is 16.1. The number of esters is 2. The van der Waals surface area contributed by atoms with Crippen molar-refractivity contribution in [2.45, 2.75) is 156 Å². The third kappa shape index (κ3) is 12.3. The van der Waals surface area contributed by atoms with Gasteiger partial charge in [0.1, 0.15) is 34.7 Å². The molecular formula is C62H82N8O10. The predicted molar refractivity (Wildman–Crippen MR) is 308 cm³/mol. The number of carbonyl (C=O) groups is 6. The lowest BCUT2D eigenvalue weighted by atomic mass is 9.85. The topological polar surface area (TPSA) is 212 Å².